The predicted molar refractivity (Wildman–Crippen MR) is 121 cm³/mol. The molecule has 1 unspecified atom stereocenters. The summed E-state index contributed by atoms with van der Waals surface area (Å²) in [5.41, 5.74) is 1.42. The lowest BCUT2D eigenvalue weighted by atomic mass is 9.99. The molecule has 0 saturated heterocycles. The third kappa shape index (κ3) is 5.88. The van der Waals surface area contributed by atoms with Crippen molar-refractivity contribution in [1.82, 2.24) is 14.9 Å². The van der Waals surface area contributed by atoms with Crippen LogP contribution in [0.25, 0.3) is 10.9 Å². The molecule has 1 amide bonds. The van der Waals surface area contributed by atoms with Crippen LogP contribution in [0.4, 0.5) is 0 Å². The van der Waals surface area contributed by atoms with Crippen molar-refractivity contribution < 1.29 is 14.3 Å². The fourth-order valence-electron chi connectivity index (χ4n) is 3.34. The minimum Gasteiger partial charge on any atom is -0.466 e. The summed E-state index contributed by atoms with van der Waals surface area (Å²) >= 11 is 5.28. The molecule has 0 aliphatic heterocycles. The largest absolute Gasteiger partial charge is 0.466 e. The van der Waals surface area contributed by atoms with Gasteiger partial charge in [-0.25, -0.2) is 0 Å². The highest BCUT2D eigenvalue weighted by Gasteiger charge is 2.21. The Kier molecular flexibility index (Phi) is 7.72. The number of ether oxygens (including phenoxy) is 1. The van der Waals surface area contributed by atoms with Crippen molar-refractivity contribution in [3.8, 4) is 0 Å². The molecule has 2 aromatic carbocycles. The lowest BCUT2D eigenvalue weighted by molar-refractivity contribution is -0.147. The molecule has 162 valence electrons. The van der Waals surface area contributed by atoms with Crippen LogP contribution in [0.3, 0.4) is 0 Å². The van der Waals surface area contributed by atoms with E-state index < -0.39 is 5.92 Å². The van der Waals surface area contributed by atoms with Crippen LogP contribution in [0.1, 0.15) is 18.9 Å². The SMILES string of the molecule is CCOC(=O)C(CNC(=O)CCn1c(=S)[nH]c2ccccc2c1=O)Cc1ccccc1. The lowest BCUT2D eigenvalue weighted by Gasteiger charge is -2.16. The number of hydrogen-bond donors (Lipinski definition) is 2. The number of amides is 1. The molecular weight excluding hydrogens is 414 g/mol. The third-order valence-corrected chi connectivity index (χ3v) is 5.26. The van der Waals surface area contributed by atoms with Crippen LogP contribution in [-0.4, -0.2) is 34.6 Å². The predicted octanol–water partition coefficient (Wildman–Crippen LogP) is 2.99. The Labute approximate surface area is 185 Å². The fourth-order valence-corrected chi connectivity index (χ4v) is 3.62. The summed E-state index contributed by atoms with van der Waals surface area (Å²) in [5, 5.41) is 3.30. The maximum atomic E-state index is 12.7. The first-order valence-electron chi connectivity index (χ1n) is 10.2. The summed E-state index contributed by atoms with van der Waals surface area (Å²) in [6, 6.07) is 16.7. The molecule has 0 aliphatic rings. The summed E-state index contributed by atoms with van der Waals surface area (Å²) in [7, 11) is 0. The molecule has 2 N–H and O–H groups in total. The Morgan fingerprint density at radius 2 is 1.84 bits per heavy atom. The van der Waals surface area contributed by atoms with Gasteiger partial charge in [-0.15, -0.1) is 0 Å². The Bertz CT molecular complexity index is 1170. The Hall–Kier alpha value is -3.26. The molecule has 1 aromatic heterocycles. The van der Waals surface area contributed by atoms with Crippen LogP contribution in [0.5, 0.6) is 0 Å². The molecule has 1 atom stereocenters. The van der Waals surface area contributed by atoms with Crippen molar-refractivity contribution in [1.29, 1.82) is 0 Å². The molecule has 0 radical (unpaired) electrons. The molecule has 3 rings (SSSR count). The number of carbonyl (C=O) groups is 2. The van der Waals surface area contributed by atoms with E-state index in [0.717, 1.165) is 5.56 Å². The summed E-state index contributed by atoms with van der Waals surface area (Å²) in [6.45, 7) is 2.33. The van der Waals surface area contributed by atoms with Gasteiger partial charge in [-0.2, -0.15) is 0 Å². The number of carbonyl (C=O) groups excluding carboxylic acids is 2. The standard InChI is InChI=1S/C23H25N3O4S/c1-2-30-22(29)17(14-16-8-4-3-5-9-16)15-24-20(27)12-13-26-21(28)18-10-6-7-11-19(18)25-23(26)31/h3-11,17H,2,12-15H2,1H3,(H,24,27)(H,25,31). The number of aromatic nitrogens is 2. The highest BCUT2D eigenvalue weighted by Crippen LogP contribution is 2.11. The second-order valence-electron chi connectivity index (χ2n) is 7.13. The summed E-state index contributed by atoms with van der Waals surface area (Å²) in [5.74, 6) is -1.10. The molecule has 31 heavy (non-hydrogen) atoms. The number of H-pyrrole nitrogens is 1. The topological polar surface area (TPSA) is 93.2 Å². The van der Waals surface area contributed by atoms with E-state index in [-0.39, 0.29) is 48.3 Å². The van der Waals surface area contributed by atoms with Crippen LogP contribution >= 0.6 is 12.2 Å². The molecule has 1 heterocycles. The average Bonchev–Trinajstić information content (AvgIpc) is 2.77. The van der Waals surface area contributed by atoms with E-state index >= 15 is 0 Å². The summed E-state index contributed by atoms with van der Waals surface area (Å²) < 4.78 is 6.80. The fraction of sp³-hybridized carbons (Fsp3) is 0.304. The number of fused-ring (bicyclic) bond motifs is 1. The van der Waals surface area contributed by atoms with Gasteiger partial charge in [0.25, 0.3) is 5.56 Å². The van der Waals surface area contributed by atoms with Crippen molar-refractivity contribution in [3.63, 3.8) is 0 Å². The van der Waals surface area contributed by atoms with Gasteiger partial charge in [-0.1, -0.05) is 42.5 Å². The van der Waals surface area contributed by atoms with Gasteiger partial charge in [-0.05, 0) is 43.3 Å². The van der Waals surface area contributed by atoms with Crippen molar-refractivity contribution >= 4 is 35.0 Å². The van der Waals surface area contributed by atoms with Crippen LogP contribution in [0.15, 0.2) is 59.4 Å². The molecule has 0 fully saturated rings. The van der Waals surface area contributed by atoms with Crippen molar-refractivity contribution in [3.05, 3.63) is 75.3 Å². The normalized spacial score (nSPS) is 11.8. The number of nitrogens with one attached hydrogen (secondary N) is 2. The van der Waals surface area contributed by atoms with Gasteiger partial charge >= 0.3 is 5.97 Å². The van der Waals surface area contributed by atoms with Gasteiger partial charge in [0.1, 0.15) is 0 Å². The minimum absolute atomic E-state index is 0.0661. The van der Waals surface area contributed by atoms with E-state index in [1.54, 1.807) is 25.1 Å². The van der Waals surface area contributed by atoms with E-state index in [4.69, 9.17) is 17.0 Å². The first kappa shape index (κ1) is 22.4. The maximum absolute atomic E-state index is 12.7. The van der Waals surface area contributed by atoms with Crippen LogP contribution in [-0.2, 0) is 27.3 Å². The number of hydrogen-bond acceptors (Lipinski definition) is 5. The van der Waals surface area contributed by atoms with Crippen LogP contribution < -0.4 is 10.9 Å². The summed E-state index contributed by atoms with van der Waals surface area (Å²) in [4.78, 5) is 40.4. The van der Waals surface area contributed by atoms with E-state index in [2.05, 4.69) is 10.3 Å². The van der Waals surface area contributed by atoms with Gasteiger partial charge < -0.3 is 15.0 Å². The van der Waals surface area contributed by atoms with Gasteiger partial charge in [0.15, 0.2) is 4.77 Å². The molecule has 0 spiro atoms. The quantitative estimate of drug-likeness (QED) is 0.395. The highest BCUT2D eigenvalue weighted by atomic mass is 32.1. The lowest BCUT2D eigenvalue weighted by Crippen LogP contribution is -2.36. The zero-order valence-corrected chi connectivity index (χ0v) is 18.1. The Morgan fingerprint density at radius 3 is 2.58 bits per heavy atom. The Morgan fingerprint density at radius 1 is 1.13 bits per heavy atom. The second-order valence-corrected chi connectivity index (χ2v) is 7.51. The number of esters is 1. The van der Waals surface area contributed by atoms with Gasteiger partial charge in [-0.3, -0.25) is 19.0 Å². The number of nitrogens with zero attached hydrogens (tertiary/aromatic N) is 1. The summed E-state index contributed by atoms with van der Waals surface area (Å²) in [6.07, 6.45) is 0.534. The molecule has 7 nitrogen and oxygen atoms in total. The third-order valence-electron chi connectivity index (χ3n) is 4.94. The van der Waals surface area contributed by atoms with Crippen LogP contribution in [0, 0.1) is 10.7 Å². The van der Waals surface area contributed by atoms with E-state index in [9.17, 15) is 14.4 Å². The van der Waals surface area contributed by atoms with Crippen LogP contribution in [0.2, 0.25) is 0 Å². The molecule has 3 aromatic rings. The van der Waals surface area contributed by atoms with E-state index in [1.807, 2.05) is 36.4 Å². The molecule has 0 bridgehead atoms. The first-order chi connectivity index (χ1) is 15.0. The number of rotatable bonds is 9. The molecular formula is C23H25N3O4S. The van der Waals surface area contributed by atoms with Gasteiger partial charge in [0.2, 0.25) is 5.91 Å². The van der Waals surface area contributed by atoms with E-state index in [0.29, 0.717) is 17.3 Å². The monoisotopic (exact) mass is 439 g/mol. The number of benzene rings is 2. The van der Waals surface area contributed by atoms with E-state index in [1.165, 1.54) is 4.57 Å². The molecule has 0 aliphatic carbocycles. The zero-order chi connectivity index (χ0) is 22.2. The maximum Gasteiger partial charge on any atom is 0.311 e. The first-order valence-corrected chi connectivity index (χ1v) is 10.6. The van der Waals surface area contributed by atoms with Crippen molar-refractivity contribution in [2.45, 2.75) is 26.3 Å². The van der Waals surface area contributed by atoms with Crippen molar-refractivity contribution in [2.75, 3.05) is 13.2 Å². The van der Waals surface area contributed by atoms with Crippen molar-refractivity contribution in [2.24, 2.45) is 5.92 Å². The number of para-hydroxylation sites is 1. The Balaban J connectivity index is 1.63. The van der Waals surface area contributed by atoms with Gasteiger partial charge in [0, 0.05) is 19.5 Å². The highest BCUT2D eigenvalue weighted by molar-refractivity contribution is 7.71. The smallest absolute Gasteiger partial charge is 0.311 e. The zero-order valence-electron chi connectivity index (χ0n) is 17.3. The molecule has 0 saturated carbocycles. The average molecular weight is 440 g/mol. The minimum atomic E-state index is -0.488. The second kappa shape index (κ2) is 10.7. The van der Waals surface area contributed by atoms with Gasteiger partial charge in [0.05, 0.1) is 23.4 Å². The molecule has 8 heteroatoms. The number of aromatic amines is 1.